The van der Waals surface area contributed by atoms with Crippen molar-refractivity contribution in [1.82, 2.24) is 10.7 Å². The molecule has 0 heterocycles. The number of thiocarbonyl (C=S) groups is 1. The van der Waals surface area contributed by atoms with Crippen LogP contribution in [0.2, 0.25) is 0 Å². The molecule has 0 fully saturated rings. The van der Waals surface area contributed by atoms with Gasteiger partial charge in [-0.3, -0.25) is 5.43 Å². The number of ether oxygens (including phenoxy) is 1. The van der Waals surface area contributed by atoms with Gasteiger partial charge in [0.25, 0.3) is 0 Å². The van der Waals surface area contributed by atoms with E-state index in [1.54, 1.807) is 7.11 Å². The van der Waals surface area contributed by atoms with Crippen molar-refractivity contribution in [3.8, 4) is 11.5 Å². The Kier molecular flexibility index (Phi) is 5.89. The summed E-state index contributed by atoms with van der Waals surface area (Å²) < 4.78 is 4.85. The van der Waals surface area contributed by atoms with E-state index in [9.17, 15) is 5.11 Å². The molecule has 0 saturated carbocycles. The average Bonchev–Trinajstić information content (AvgIpc) is 2.32. The summed E-state index contributed by atoms with van der Waals surface area (Å²) in [6, 6.07) is 4.23. The van der Waals surface area contributed by atoms with Crippen LogP contribution in [0.4, 0.5) is 0 Å². The highest BCUT2D eigenvalue weighted by Crippen LogP contribution is 2.20. The molecule has 18 heavy (non-hydrogen) atoms. The number of phenols is 2. The van der Waals surface area contributed by atoms with Crippen LogP contribution >= 0.6 is 12.2 Å². The molecule has 0 aliphatic heterocycles. The number of phenolic OH excluding ortho intramolecular Hbond substituents is 2. The first-order chi connectivity index (χ1) is 8.63. The zero-order chi connectivity index (χ0) is 13.4. The summed E-state index contributed by atoms with van der Waals surface area (Å²) >= 11 is 4.94. The summed E-state index contributed by atoms with van der Waals surface area (Å²) in [5.41, 5.74) is 3.06. The Hall–Kier alpha value is -1.86. The topological polar surface area (TPSA) is 86.1 Å². The molecule has 0 saturated heterocycles. The average molecular weight is 269 g/mol. The van der Waals surface area contributed by atoms with E-state index >= 15 is 0 Å². The van der Waals surface area contributed by atoms with Crippen LogP contribution in [0.1, 0.15) is 5.56 Å². The molecule has 0 unspecified atom stereocenters. The van der Waals surface area contributed by atoms with E-state index in [0.717, 1.165) is 0 Å². The molecule has 6 nitrogen and oxygen atoms in total. The molecule has 0 aromatic heterocycles. The van der Waals surface area contributed by atoms with E-state index in [-0.39, 0.29) is 11.5 Å². The number of nitrogens with zero attached hydrogens (tertiary/aromatic N) is 1. The first-order valence-corrected chi connectivity index (χ1v) is 5.62. The minimum absolute atomic E-state index is 0.00522. The molecule has 1 rings (SSSR count). The Morgan fingerprint density at radius 2 is 2.28 bits per heavy atom. The maximum Gasteiger partial charge on any atom is 0.187 e. The van der Waals surface area contributed by atoms with Gasteiger partial charge >= 0.3 is 0 Å². The lowest BCUT2D eigenvalue weighted by molar-refractivity contribution is 0.204. The second-order valence-electron chi connectivity index (χ2n) is 3.36. The van der Waals surface area contributed by atoms with Crippen LogP contribution in [0.15, 0.2) is 23.3 Å². The Balaban J connectivity index is 2.42. The van der Waals surface area contributed by atoms with Gasteiger partial charge in [0.2, 0.25) is 0 Å². The molecule has 0 aliphatic carbocycles. The van der Waals surface area contributed by atoms with Crippen molar-refractivity contribution in [2.75, 3.05) is 20.3 Å². The summed E-state index contributed by atoms with van der Waals surface area (Å²) in [6.07, 6.45) is 1.40. The van der Waals surface area contributed by atoms with Crippen LogP contribution in [-0.2, 0) is 4.74 Å². The van der Waals surface area contributed by atoms with Crippen LogP contribution in [0.5, 0.6) is 11.5 Å². The van der Waals surface area contributed by atoms with E-state index in [4.69, 9.17) is 22.1 Å². The van der Waals surface area contributed by atoms with Crippen LogP contribution in [0.3, 0.4) is 0 Å². The highest BCUT2D eigenvalue weighted by Gasteiger charge is 1.99. The fourth-order valence-corrected chi connectivity index (χ4v) is 1.26. The van der Waals surface area contributed by atoms with Gasteiger partial charge in [0.15, 0.2) is 5.11 Å². The summed E-state index contributed by atoms with van der Waals surface area (Å²) in [7, 11) is 1.60. The maximum absolute atomic E-state index is 9.49. The van der Waals surface area contributed by atoms with Gasteiger partial charge in [-0.05, 0) is 24.4 Å². The summed E-state index contributed by atoms with van der Waals surface area (Å²) in [5, 5.41) is 25.7. The normalized spacial score (nSPS) is 10.5. The molecule has 98 valence electrons. The van der Waals surface area contributed by atoms with Crippen molar-refractivity contribution < 1.29 is 14.9 Å². The minimum atomic E-state index is -0.0567. The van der Waals surface area contributed by atoms with Crippen LogP contribution in [-0.4, -0.2) is 41.8 Å². The van der Waals surface area contributed by atoms with E-state index in [1.165, 1.54) is 24.4 Å². The van der Waals surface area contributed by atoms with Gasteiger partial charge in [0.05, 0.1) is 12.8 Å². The second-order valence-corrected chi connectivity index (χ2v) is 3.77. The van der Waals surface area contributed by atoms with Crippen molar-refractivity contribution >= 4 is 23.5 Å². The zero-order valence-electron chi connectivity index (χ0n) is 9.88. The molecule has 1 aromatic carbocycles. The molecule has 4 N–H and O–H groups in total. The molecule has 0 spiro atoms. The fourth-order valence-electron chi connectivity index (χ4n) is 1.11. The van der Waals surface area contributed by atoms with E-state index in [0.29, 0.717) is 23.8 Å². The van der Waals surface area contributed by atoms with Gasteiger partial charge < -0.3 is 20.3 Å². The predicted molar refractivity (Wildman–Crippen MR) is 73.0 cm³/mol. The number of rotatable bonds is 5. The standard InChI is InChI=1S/C11H15N3O3S/c1-17-5-4-12-11(18)14-13-7-8-2-3-9(15)6-10(8)16/h2-3,6-7,15-16H,4-5H2,1H3,(H2,12,14,18). The highest BCUT2D eigenvalue weighted by atomic mass is 32.1. The lowest BCUT2D eigenvalue weighted by Gasteiger charge is -2.05. The quantitative estimate of drug-likeness (QED) is 0.270. The monoisotopic (exact) mass is 269 g/mol. The molecule has 0 bridgehead atoms. The van der Waals surface area contributed by atoms with Gasteiger partial charge in [-0.2, -0.15) is 5.10 Å². The van der Waals surface area contributed by atoms with Gasteiger partial charge in [-0.1, -0.05) is 0 Å². The number of hydrazone groups is 1. The van der Waals surface area contributed by atoms with Crippen molar-refractivity contribution in [2.24, 2.45) is 5.10 Å². The summed E-state index contributed by atoms with van der Waals surface area (Å²) in [4.78, 5) is 0. The number of benzene rings is 1. The third-order valence-corrected chi connectivity index (χ3v) is 2.21. The Labute approximate surface area is 110 Å². The third-order valence-electron chi connectivity index (χ3n) is 1.98. The Bertz CT molecular complexity index is 438. The van der Waals surface area contributed by atoms with Crippen LogP contribution in [0, 0.1) is 0 Å². The first-order valence-electron chi connectivity index (χ1n) is 5.21. The number of hydrogen-bond acceptors (Lipinski definition) is 5. The van der Waals surface area contributed by atoms with Crippen LogP contribution in [0.25, 0.3) is 0 Å². The molecular weight excluding hydrogens is 254 g/mol. The van der Waals surface area contributed by atoms with Gasteiger partial charge in [-0.25, -0.2) is 0 Å². The first kappa shape index (κ1) is 14.2. The Morgan fingerprint density at radius 3 is 2.94 bits per heavy atom. The predicted octanol–water partition coefficient (Wildman–Crippen LogP) is 0.542. The zero-order valence-corrected chi connectivity index (χ0v) is 10.7. The van der Waals surface area contributed by atoms with Crippen molar-refractivity contribution in [1.29, 1.82) is 0 Å². The number of hydrogen-bond donors (Lipinski definition) is 4. The van der Waals surface area contributed by atoms with Crippen molar-refractivity contribution in [3.05, 3.63) is 23.8 Å². The largest absolute Gasteiger partial charge is 0.508 e. The molecule has 0 atom stereocenters. The molecular formula is C11H15N3O3S. The molecule has 0 aliphatic rings. The third kappa shape index (κ3) is 4.98. The van der Waals surface area contributed by atoms with Crippen molar-refractivity contribution in [3.63, 3.8) is 0 Å². The van der Waals surface area contributed by atoms with Gasteiger partial charge in [0.1, 0.15) is 11.5 Å². The highest BCUT2D eigenvalue weighted by molar-refractivity contribution is 7.80. The maximum atomic E-state index is 9.49. The van der Waals surface area contributed by atoms with Gasteiger partial charge in [-0.15, -0.1) is 0 Å². The van der Waals surface area contributed by atoms with Gasteiger partial charge in [0, 0.05) is 25.3 Å². The number of methoxy groups -OCH3 is 1. The van der Waals surface area contributed by atoms with E-state index < -0.39 is 0 Å². The van der Waals surface area contributed by atoms with E-state index in [2.05, 4.69) is 15.8 Å². The molecule has 0 radical (unpaired) electrons. The SMILES string of the molecule is COCCNC(=S)NN=Cc1ccc(O)cc1O. The summed E-state index contributed by atoms with van der Waals surface area (Å²) in [5.74, 6) is -0.0619. The lowest BCUT2D eigenvalue weighted by Crippen LogP contribution is -2.34. The van der Waals surface area contributed by atoms with Crippen molar-refractivity contribution in [2.45, 2.75) is 0 Å². The number of nitrogens with one attached hydrogen (secondary N) is 2. The Morgan fingerprint density at radius 1 is 1.50 bits per heavy atom. The minimum Gasteiger partial charge on any atom is -0.508 e. The smallest absolute Gasteiger partial charge is 0.187 e. The fraction of sp³-hybridized carbons (Fsp3) is 0.273. The van der Waals surface area contributed by atoms with Crippen LogP contribution < -0.4 is 10.7 Å². The van der Waals surface area contributed by atoms with E-state index in [1.807, 2.05) is 0 Å². The lowest BCUT2D eigenvalue weighted by atomic mass is 10.2. The molecule has 1 aromatic rings. The summed E-state index contributed by atoms with van der Waals surface area (Å²) in [6.45, 7) is 1.13. The molecule has 0 amide bonds. The second kappa shape index (κ2) is 7.46. The molecule has 7 heteroatoms. The number of aromatic hydroxyl groups is 2.